The largest absolute Gasteiger partial charge is 0.344 e. The van der Waals surface area contributed by atoms with E-state index in [1.807, 2.05) is 24.3 Å². The molecule has 28 heavy (non-hydrogen) atoms. The van der Waals surface area contributed by atoms with Crippen molar-refractivity contribution in [2.75, 3.05) is 32.7 Å². The van der Waals surface area contributed by atoms with Crippen molar-refractivity contribution < 1.29 is 14.6 Å². The third kappa shape index (κ3) is 5.78. The van der Waals surface area contributed by atoms with Crippen LogP contribution >= 0.6 is 0 Å². The molecule has 2 aromatic rings. The van der Waals surface area contributed by atoms with E-state index in [4.69, 9.17) is 0 Å². The van der Waals surface area contributed by atoms with Gasteiger partial charge in [-0.25, -0.2) is 0 Å². The number of nitrogens with one attached hydrogen (secondary N) is 3. The molecule has 148 valence electrons. The molecule has 0 saturated carbocycles. The van der Waals surface area contributed by atoms with Crippen molar-refractivity contribution in [1.82, 2.24) is 5.32 Å². The molecule has 0 radical (unpaired) electrons. The van der Waals surface area contributed by atoms with E-state index in [0.717, 1.165) is 38.3 Å². The van der Waals surface area contributed by atoms with Crippen molar-refractivity contribution >= 4 is 12.0 Å². The fraction of sp³-hybridized carbons (Fsp3) is 0.375. The average Bonchev–Trinajstić information content (AvgIpc) is 2.75. The van der Waals surface area contributed by atoms with Crippen molar-refractivity contribution in [3.05, 3.63) is 77.9 Å². The Labute approximate surface area is 168 Å². The minimum Gasteiger partial charge on any atom is -0.344 e. The Balaban J connectivity index is 1.42. The highest BCUT2D eigenvalue weighted by atomic mass is 16.2. The van der Waals surface area contributed by atoms with Crippen LogP contribution in [-0.4, -0.2) is 44.7 Å². The van der Waals surface area contributed by atoms with Crippen LogP contribution in [0.4, 0.5) is 0 Å². The Morgan fingerprint density at radius 2 is 1.57 bits per heavy atom. The Bertz CT molecular complexity index is 752. The van der Waals surface area contributed by atoms with Gasteiger partial charge in [0.2, 0.25) is 0 Å². The minimum absolute atomic E-state index is 0.00688. The van der Waals surface area contributed by atoms with E-state index in [2.05, 4.69) is 67.7 Å². The Hall–Kier alpha value is -2.43. The van der Waals surface area contributed by atoms with E-state index in [1.165, 1.54) is 10.5 Å². The number of amides is 1. The summed E-state index contributed by atoms with van der Waals surface area (Å²) >= 11 is 0. The van der Waals surface area contributed by atoms with Gasteiger partial charge in [-0.05, 0) is 31.1 Å². The first kappa shape index (κ1) is 20.3. The lowest BCUT2D eigenvalue weighted by molar-refractivity contribution is -1.02. The molecule has 0 bridgehead atoms. The summed E-state index contributed by atoms with van der Waals surface area (Å²) < 4.78 is 0. The number of carbonyl (C=O) groups is 1. The first-order chi connectivity index (χ1) is 13.6. The van der Waals surface area contributed by atoms with Gasteiger partial charge in [0.1, 0.15) is 26.2 Å². The molecule has 2 aromatic carbocycles. The molecule has 1 fully saturated rings. The van der Waals surface area contributed by atoms with Crippen LogP contribution in [0.25, 0.3) is 6.08 Å². The molecule has 1 saturated heterocycles. The highest BCUT2D eigenvalue weighted by molar-refractivity contribution is 5.80. The van der Waals surface area contributed by atoms with E-state index in [0.29, 0.717) is 0 Å². The minimum atomic E-state index is -0.00688. The average molecular weight is 380 g/mol. The monoisotopic (exact) mass is 379 g/mol. The van der Waals surface area contributed by atoms with E-state index in [9.17, 15) is 4.79 Å². The fourth-order valence-corrected chi connectivity index (χ4v) is 3.84. The van der Waals surface area contributed by atoms with Gasteiger partial charge in [0.25, 0.3) is 5.91 Å². The summed E-state index contributed by atoms with van der Waals surface area (Å²) in [4.78, 5) is 15.7. The zero-order chi connectivity index (χ0) is 19.8. The number of quaternary nitrogens is 2. The van der Waals surface area contributed by atoms with E-state index in [1.54, 1.807) is 4.90 Å². The number of benzene rings is 2. The van der Waals surface area contributed by atoms with Gasteiger partial charge >= 0.3 is 0 Å². The lowest BCUT2D eigenvalue weighted by atomic mass is 10.1. The summed E-state index contributed by atoms with van der Waals surface area (Å²) in [5.74, 6) is 0.152. The standard InChI is InChI=1S/C24H31N3O/c1-20(23-13-7-4-8-14-23)25-24(28)21(2)27-18-16-26(17-19-27)15-9-12-22-10-5-3-6-11-22/h3-14,20-21H,15-19H2,1-2H3,(H,25,28)/p+2/b12-9+/t20-,21-/m1/s1. The predicted octanol–water partition coefficient (Wildman–Crippen LogP) is 0.749. The first-order valence-electron chi connectivity index (χ1n) is 10.4. The van der Waals surface area contributed by atoms with Crippen LogP contribution in [0.1, 0.15) is 31.0 Å². The summed E-state index contributed by atoms with van der Waals surface area (Å²) in [5.41, 5.74) is 2.40. The van der Waals surface area contributed by atoms with E-state index in [-0.39, 0.29) is 18.0 Å². The van der Waals surface area contributed by atoms with Gasteiger partial charge in [-0.2, -0.15) is 0 Å². The molecule has 0 aliphatic carbocycles. The fourth-order valence-electron chi connectivity index (χ4n) is 3.84. The molecule has 1 aliphatic rings. The molecule has 1 aliphatic heterocycles. The molecule has 1 heterocycles. The molecule has 3 rings (SSSR count). The van der Waals surface area contributed by atoms with Crippen molar-refractivity contribution in [3.8, 4) is 0 Å². The highest BCUT2D eigenvalue weighted by Gasteiger charge is 2.31. The predicted molar refractivity (Wildman–Crippen MR) is 114 cm³/mol. The molecule has 3 N–H and O–H groups in total. The maximum Gasteiger partial charge on any atom is 0.278 e. The van der Waals surface area contributed by atoms with Crippen LogP contribution in [0.15, 0.2) is 66.7 Å². The molecular weight excluding hydrogens is 346 g/mol. The van der Waals surface area contributed by atoms with Crippen LogP contribution in [0.2, 0.25) is 0 Å². The molecule has 0 aromatic heterocycles. The molecule has 2 atom stereocenters. The second-order valence-corrected chi connectivity index (χ2v) is 7.79. The van der Waals surface area contributed by atoms with Crippen LogP contribution in [0, 0.1) is 0 Å². The van der Waals surface area contributed by atoms with Crippen molar-refractivity contribution in [2.45, 2.75) is 25.9 Å². The first-order valence-corrected chi connectivity index (χ1v) is 10.4. The Kier molecular flexibility index (Phi) is 7.40. The third-order valence-electron chi connectivity index (χ3n) is 5.78. The summed E-state index contributed by atoms with van der Waals surface area (Å²) in [6.45, 7) is 9.47. The number of carbonyl (C=O) groups excluding carboxylic acids is 1. The van der Waals surface area contributed by atoms with Crippen LogP contribution < -0.4 is 15.1 Å². The van der Waals surface area contributed by atoms with E-state index >= 15 is 0 Å². The quantitative estimate of drug-likeness (QED) is 0.653. The summed E-state index contributed by atoms with van der Waals surface area (Å²) in [7, 11) is 0. The van der Waals surface area contributed by atoms with Gasteiger partial charge < -0.3 is 15.1 Å². The van der Waals surface area contributed by atoms with Gasteiger partial charge in [-0.3, -0.25) is 4.79 Å². The number of rotatable bonds is 7. The van der Waals surface area contributed by atoms with Gasteiger partial charge in [-0.15, -0.1) is 0 Å². The second kappa shape index (κ2) is 10.2. The summed E-state index contributed by atoms with van der Waals surface area (Å²) in [6.07, 6.45) is 4.47. The molecule has 4 nitrogen and oxygen atoms in total. The zero-order valence-corrected chi connectivity index (χ0v) is 17.0. The smallest absolute Gasteiger partial charge is 0.278 e. The number of piperazine rings is 1. The Morgan fingerprint density at radius 3 is 2.21 bits per heavy atom. The summed E-state index contributed by atoms with van der Waals surface area (Å²) in [6, 6.07) is 20.6. The normalized spacial score (nSPS) is 21.9. The molecule has 0 unspecified atom stereocenters. The lowest BCUT2D eigenvalue weighted by Crippen LogP contribution is -3.30. The van der Waals surface area contributed by atoms with Gasteiger partial charge in [0.05, 0.1) is 12.6 Å². The maximum atomic E-state index is 12.7. The van der Waals surface area contributed by atoms with Crippen molar-refractivity contribution in [3.63, 3.8) is 0 Å². The zero-order valence-electron chi connectivity index (χ0n) is 17.0. The SMILES string of the molecule is C[C@H](C(=O)N[C@H](C)c1ccccc1)[NH+]1CC[NH+](C/C=C/c2ccccc2)CC1. The van der Waals surface area contributed by atoms with Gasteiger partial charge in [-0.1, -0.05) is 66.7 Å². The lowest BCUT2D eigenvalue weighted by Gasteiger charge is -2.32. The number of hydrogen-bond acceptors (Lipinski definition) is 1. The summed E-state index contributed by atoms with van der Waals surface area (Å²) in [5, 5.41) is 3.18. The second-order valence-electron chi connectivity index (χ2n) is 7.79. The van der Waals surface area contributed by atoms with Crippen LogP contribution in [0.5, 0.6) is 0 Å². The number of hydrogen-bond donors (Lipinski definition) is 3. The van der Waals surface area contributed by atoms with Crippen molar-refractivity contribution in [2.24, 2.45) is 0 Å². The van der Waals surface area contributed by atoms with Crippen molar-refractivity contribution in [1.29, 1.82) is 0 Å². The highest BCUT2D eigenvalue weighted by Crippen LogP contribution is 2.10. The molecule has 4 heteroatoms. The van der Waals surface area contributed by atoms with Crippen LogP contribution in [-0.2, 0) is 4.79 Å². The van der Waals surface area contributed by atoms with Crippen LogP contribution in [0.3, 0.4) is 0 Å². The molecule has 0 spiro atoms. The topological polar surface area (TPSA) is 38.0 Å². The van der Waals surface area contributed by atoms with E-state index < -0.39 is 0 Å². The Morgan fingerprint density at radius 1 is 0.964 bits per heavy atom. The van der Waals surface area contributed by atoms with Gasteiger partial charge in [0.15, 0.2) is 6.04 Å². The molecular formula is C24H33N3O+2. The van der Waals surface area contributed by atoms with Gasteiger partial charge in [0, 0.05) is 0 Å². The molecule has 1 amide bonds. The maximum absolute atomic E-state index is 12.7. The third-order valence-corrected chi connectivity index (χ3v) is 5.78.